The predicted octanol–water partition coefficient (Wildman–Crippen LogP) is 2.96. The lowest BCUT2D eigenvalue weighted by Crippen LogP contribution is -2.38. The molecule has 3 rings (SSSR count). The van der Waals surface area contributed by atoms with E-state index in [1.807, 2.05) is 0 Å². The Hall–Kier alpha value is -2.96. The second-order valence-corrected chi connectivity index (χ2v) is 6.13. The molecule has 2 heterocycles. The second kappa shape index (κ2) is 7.51. The van der Waals surface area contributed by atoms with E-state index in [0.717, 1.165) is 5.56 Å². The number of rotatable bonds is 5. The van der Waals surface area contributed by atoms with Gasteiger partial charge >= 0.3 is 0 Å². The van der Waals surface area contributed by atoms with Crippen molar-refractivity contribution in [2.45, 2.75) is 25.8 Å². The molecule has 0 N–H and O–H groups in total. The van der Waals surface area contributed by atoms with Crippen molar-refractivity contribution in [2.24, 2.45) is 5.10 Å². The largest absolute Gasteiger partial charge is 0.467 e. The average Bonchev–Trinajstić information content (AvgIpc) is 3.30. The summed E-state index contributed by atoms with van der Waals surface area (Å²) in [6.45, 7) is 1.68. The molecule has 0 aliphatic carbocycles. The molecule has 6 nitrogen and oxygen atoms in total. The smallest absolute Gasteiger partial charge is 0.262 e. The Balaban J connectivity index is 1.86. The third-order valence-corrected chi connectivity index (χ3v) is 4.32. The van der Waals surface area contributed by atoms with Crippen molar-refractivity contribution < 1.29 is 18.4 Å². The van der Waals surface area contributed by atoms with Crippen LogP contribution in [0.15, 0.2) is 52.2 Å². The van der Waals surface area contributed by atoms with E-state index in [2.05, 4.69) is 5.10 Å². The molecular formula is C19H20FN3O3. The van der Waals surface area contributed by atoms with Crippen LogP contribution >= 0.6 is 0 Å². The first-order valence-corrected chi connectivity index (χ1v) is 8.42. The van der Waals surface area contributed by atoms with E-state index < -0.39 is 0 Å². The van der Waals surface area contributed by atoms with Crippen LogP contribution in [0.1, 0.15) is 37.1 Å². The van der Waals surface area contributed by atoms with Crippen molar-refractivity contribution in [3.05, 3.63) is 59.8 Å². The van der Waals surface area contributed by atoms with Crippen LogP contribution in [0.5, 0.6) is 0 Å². The zero-order valence-corrected chi connectivity index (χ0v) is 14.7. The van der Waals surface area contributed by atoms with Crippen molar-refractivity contribution >= 4 is 17.5 Å². The van der Waals surface area contributed by atoms with Crippen LogP contribution < -0.4 is 0 Å². The summed E-state index contributed by atoms with van der Waals surface area (Å²) in [5.74, 6) is -0.131. The molecule has 26 heavy (non-hydrogen) atoms. The quantitative estimate of drug-likeness (QED) is 0.826. The van der Waals surface area contributed by atoms with Crippen LogP contribution in [0, 0.1) is 5.82 Å². The Kier molecular flexibility index (Phi) is 5.16. The van der Waals surface area contributed by atoms with Crippen LogP contribution in [0.3, 0.4) is 0 Å². The number of carbonyl (C=O) groups excluding carboxylic acids is 2. The van der Waals surface area contributed by atoms with E-state index in [-0.39, 0.29) is 30.2 Å². The molecule has 0 saturated carbocycles. The van der Waals surface area contributed by atoms with Crippen molar-refractivity contribution in [3.63, 3.8) is 0 Å². The number of hydrazone groups is 1. The number of nitrogens with zero attached hydrogens (tertiary/aromatic N) is 3. The molecule has 2 amide bonds. The van der Waals surface area contributed by atoms with E-state index in [1.165, 1.54) is 22.0 Å². The van der Waals surface area contributed by atoms with Crippen molar-refractivity contribution in [2.75, 3.05) is 13.6 Å². The summed E-state index contributed by atoms with van der Waals surface area (Å²) in [7, 11) is 1.59. The Bertz CT molecular complexity index is 815. The highest BCUT2D eigenvalue weighted by molar-refractivity contribution is 6.03. The van der Waals surface area contributed by atoms with Gasteiger partial charge in [-0.25, -0.2) is 9.40 Å². The first-order valence-electron chi connectivity index (χ1n) is 8.42. The molecule has 7 heteroatoms. The zero-order valence-electron chi connectivity index (χ0n) is 14.7. The molecule has 2 aromatic rings. The summed E-state index contributed by atoms with van der Waals surface area (Å²) in [5.41, 5.74) is 1.42. The predicted molar refractivity (Wildman–Crippen MR) is 93.8 cm³/mol. The Morgan fingerprint density at radius 2 is 2.04 bits per heavy atom. The molecule has 1 unspecified atom stereocenters. The molecule has 0 fully saturated rings. The summed E-state index contributed by atoms with van der Waals surface area (Å²) in [6.07, 6.45) is 2.33. The van der Waals surface area contributed by atoms with Gasteiger partial charge in [0.15, 0.2) is 0 Å². The Morgan fingerprint density at radius 1 is 1.31 bits per heavy atom. The fourth-order valence-corrected chi connectivity index (χ4v) is 2.89. The monoisotopic (exact) mass is 357 g/mol. The minimum Gasteiger partial charge on any atom is -0.467 e. The van der Waals surface area contributed by atoms with Gasteiger partial charge in [0.05, 0.1) is 12.0 Å². The standard InChI is InChI=1S/C19H20FN3O3/c1-3-18(24)22(2)12-19(25)23-16(17-5-4-10-26-17)11-15(21-23)13-6-8-14(20)9-7-13/h4-10,16H,3,11-12H2,1-2H3. The lowest BCUT2D eigenvalue weighted by atomic mass is 10.0. The molecule has 0 spiro atoms. The number of furan rings is 1. The fraction of sp³-hybridized carbons (Fsp3) is 0.316. The van der Waals surface area contributed by atoms with E-state index in [0.29, 0.717) is 24.3 Å². The van der Waals surface area contributed by atoms with E-state index in [1.54, 1.807) is 44.5 Å². The van der Waals surface area contributed by atoms with Gasteiger partial charge in [-0.1, -0.05) is 19.1 Å². The minimum absolute atomic E-state index is 0.0654. The zero-order chi connectivity index (χ0) is 18.7. The van der Waals surface area contributed by atoms with Crippen LogP contribution in [0.4, 0.5) is 4.39 Å². The molecule has 1 aliphatic heterocycles. The maximum atomic E-state index is 13.2. The van der Waals surface area contributed by atoms with Gasteiger partial charge in [0, 0.05) is 19.9 Å². The van der Waals surface area contributed by atoms with Gasteiger partial charge in [-0.3, -0.25) is 9.59 Å². The van der Waals surface area contributed by atoms with Crippen LogP contribution in [0.25, 0.3) is 0 Å². The molecule has 0 bridgehead atoms. The van der Waals surface area contributed by atoms with E-state index >= 15 is 0 Å². The third kappa shape index (κ3) is 3.66. The van der Waals surface area contributed by atoms with Gasteiger partial charge in [0.2, 0.25) is 5.91 Å². The number of amides is 2. The van der Waals surface area contributed by atoms with Crippen molar-refractivity contribution in [1.82, 2.24) is 9.91 Å². The highest BCUT2D eigenvalue weighted by Crippen LogP contribution is 2.33. The van der Waals surface area contributed by atoms with Gasteiger partial charge in [-0.15, -0.1) is 0 Å². The lowest BCUT2D eigenvalue weighted by Gasteiger charge is -2.23. The van der Waals surface area contributed by atoms with Gasteiger partial charge in [0.25, 0.3) is 5.91 Å². The second-order valence-electron chi connectivity index (χ2n) is 6.13. The normalized spacial score (nSPS) is 16.5. The molecule has 1 aromatic carbocycles. The van der Waals surface area contributed by atoms with E-state index in [4.69, 9.17) is 4.42 Å². The number of hydrogen-bond acceptors (Lipinski definition) is 4. The summed E-state index contributed by atoms with van der Waals surface area (Å²) >= 11 is 0. The van der Waals surface area contributed by atoms with Gasteiger partial charge < -0.3 is 9.32 Å². The number of carbonyl (C=O) groups is 2. The van der Waals surface area contributed by atoms with Crippen molar-refractivity contribution in [1.29, 1.82) is 0 Å². The van der Waals surface area contributed by atoms with E-state index in [9.17, 15) is 14.0 Å². The SMILES string of the molecule is CCC(=O)N(C)CC(=O)N1N=C(c2ccc(F)cc2)CC1c1ccco1. The Morgan fingerprint density at radius 3 is 2.65 bits per heavy atom. The maximum absolute atomic E-state index is 13.2. The maximum Gasteiger partial charge on any atom is 0.262 e. The first kappa shape index (κ1) is 17.8. The summed E-state index contributed by atoms with van der Waals surface area (Å²) in [4.78, 5) is 25.9. The summed E-state index contributed by atoms with van der Waals surface area (Å²) in [6, 6.07) is 9.14. The number of halogens is 1. The first-order chi connectivity index (χ1) is 12.5. The number of likely N-dealkylation sites (N-methyl/N-ethyl adjacent to an activating group) is 1. The Labute approximate surface area is 150 Å². The summed E-state index contributed by atoms with van der Waals surface area (Å²) in [5, 5.41) is 5.80. The molecular weight excluding hydrogens is 337 g/mol. The topological polar surface area (TPSA) is 66.1 Å². The number of benzene rings is 1. The highest BCUT2D eigenvalue weighted by atomic mass is 19.1. The highest BCUT2D eigenvalue weighted by Gasteiger charge is 2.35. The van der Waals surface area contributed by atoms with Crippen LogP contribution in [-0.4, -0.2) is 41.0 Å². The number of hydrogen-bond donors (Lipinski definition) is 0. The average molecular weight is 357 g/mol. The van der Waals surface area contributed by atoms with Crippen molar-refractivity contribution in [3.8, 4) is 0 Å². The van der Waals surface area contributed by atoms with Gasteiger partial charge in [-0.2, -0.15) is 5.10 Å². The molecule has 0 saturated heterocycles. The van der Waals surface area contributed by atoms with Gasteiger partial charge in [-0.05, 0) is 29.8 Å². The van der Waals surface area contributed by atoms with Crippen LogP contribution in [-0.2, 0) is 9.59 Å². The van der Waals surface area contributed by atoms with Crippen LogP contribution in [0.2, 0.25) is 0 Å². The molecule has 1 aromatic heterocycles. The third-order valence-electron chi connectivity index (χ3n) is 4.32. The lowest BCUT2D eigenvalue weighted by molar-refractivity contribution is -0.140. The molecule has 1 atom stereocenters. The summed E-state index contributed by atoms with van der Waals surface area (Å²) < 4.78 is 18.6. The van der Waals surface area contributed by atoms with Gasteiger partial charge in [0.1, 0.15) is 24.2 Å². The minimum atomic E-state index is -0.386. The molecule has 136 valence electrons. The molecule has 1 aliphatic rings. The fourth-order valence-electron chi connectivity index (χ4n) is 2.89. The molecule has 0 radical (unpaired) electrons.